The highest BCUT2D eigenvalue weighted by Crippen LogP contribution is 2.12. The number of hydrogen-bond donors (Lipinski definition) is 2. The lowest BCUT2D eigenvalue weighted by molar-refractivity contribution is 0.0816. The minimum Gasteiger partial charge on any atom is -0.395 e. The van der Waals surface area contributed by atoms with E-state index in [4.69, 9.17) is 10.5 Å². The van der Waals surface area contributed by atoms with Gasteiger partial charge in [0.05, 0.1) is 19.3 Å². The second-order valence-corrected chi connectivity index (χ2v) is 4.71. The Balaban J connectivity index is 2.68. The molecule has 102 valence electrons. The monoisotopic (exact) mass is 252 g/mol. The molecule has 4 heteroatoms. The molecule has 0 aliphatic carbocycles. The van der Waals surface area contributed by atoms with E-state index < -0.39 is 0 Å². The highest BCUT2D eigenvalue weighted by molar-refractivity contribution is 5.25. The fourth-order valence-electron chi connectivity index (χ4n) is 2.08. The molecule has 0 heterocycles. The molecule has 0 saturated heterocycles. The zero-order valence-electron chi connectivity index (χ0n) is 11.5. The number of benzene rings is 1. The standard InChI is InChI=1S/C14H24N2O2/c1-11-6-4-5-7-12(11)8-16(2)14(9-17)13(15)10-18-3/h4-7,13-14,17H,8-10,15H2,1-3H3. The lowest BCUT2D eigenvalue weighted by atomic mass is 10.1. The van der Waals surface area contributed by atoms with Gasteiger partial charge in [0.15, 0.2) is 0 Å². The molecule has 0 aromatic heterocycles. The summed E-state index contributed by atoms with van der Waals surface area (Å²) in [6, 6.07) is 7.96. The molecule has 0 spiro atoms. The third-order valence-corrected chi connectivity index (χ3v) is 3.29. The van der Waals surface area contributed by atoms with Crippen LogP contribution >= 0.6 is 0 Å². The van der Waals surface area contributed by atoms with Gasteiger partial charge in [-0.1, -0.05) is 24.3 Å². The number of likely N-dealkylation sites (N-methyl/N-ethyl adjacent to an activating group) is 1. The molecule has 4 nitrogen and oxygen atoms in total. The summed E-state index contributed by atoms with van der Waals surface area (Å²) in [5, 5.41) is 9.46. The molecule has 1 rings (SSSR count). The molecule has 0 fully saturated rings. The first-order chi connectivity index (χ1) is 8.60. The van der Waals surface area contributed by atoms with Crippen LogP contribution in [0.4, 0.5) is 0 Å². The van der Waals surface area contributed by atoms with E-state index in [9.17, 15) is 5.11 Å². The highest BCUT2D eigenvalue weighted by Gasteiger charge is 2.21. The predicted octanol–water partition coefficient (Wildman–Crippen LogP) is 0.761. The Morgan fingerprint density at radius 2 is 2.06 bits per heavy atom. The summed E-state index contributed by atoms with van der Waals surface area (Å²) < 4.78 is 5.05. The fraction of sp³-hybridized carbons (Fsp3) is 0.571. The number of aliphatic hydroxyl groups is 1. The van der Waals surface area contributed by atoms with Crippen LogP contribution in [0.3, 0.4) is 0 Å². The number of nitrogens with two attached hydrogens (primary N) is 1. The van der Waals surface area contributed by atoms with Crippen molar-refractivity contribution in [1.82, 2.24) is 4.90 Å². The fourth-order valence-corrected chi connectivity index (χ4v) is 2.08. The van der Waals surface area contributed by atoms with Crippen molar-refractivity contribution >= 4 is 0 Å². The van der Waals surface area contributed by atoms with Gasteiger partial charge in [0.1, 0.15) is 0 Å². The Morgan fingerprint density at radius 1 is 1.39 bits per heavy atom. The van der Waals surface area contributed by atoms with Crippen LogP contribution in [-0.4, -0.2) is 49.5 Å². The second-order valence-electron chi connectivity index (χ2n) is 4.71. The van der Waals surface area contributed by atoms with E-state index in [2.05, 4.69) is 24.0 Å². The van der Waals surface area contributed by atoms with E-state index in [0.717, 1.165) is 6.54 Å². The number of hydrogen-bond acceptors (Lipinski definition) is 4. The van der Waals surface area contributed by atoms with Crippen molar-refractivity contribution in [2.45, 2.75) is 25.6 Å². The lowest BCUT2D eigenvalue weighted by Gasteiger charge is -2.31. The number of nitrogens with zero attached hydrogens (tertiary/aromatic N) is 1. The van der Waals surface area contributed by atoms with E-state index in [-0.39, 0.29) is 18.7 Å². The first-order valence-electron chi connectivity index (χ1n) is 6.20. The van der Waals surface area contributed by atoms with Crippen LogP contribution in [-0.2, 0) is 11.3 Å². The Labute approximate surface area is 109 Å². The van der Waals surface area contributed by atoms with Crippen LogP contribution in [0, 0.1) is 6.92 Å². The van der Waals surface area contributed by atoms with Crippen molar-refractivity contribution in [2.75, 3.05) is 27.4 Å². The van der Waals surface area contributed by atoms with Gasteiger partial charge in [-0.2, -0.15) is 0 Å². The molecule has 0 radical (unpaired) electrons. The van der Waals surface area contributed by atoms with Crippen LogP contribution in [0.25, 0.3) is 0 Å². The van der Waals surface area contributed by atoms with E-state index in [1.54, 1.807) is 7.11 Å². The number of aliphatic hydroxyl groups excluding tert-OH is 1. The summed E-state index contributed by atoms with van der Waals surface area (Å²) in [5.41, 5.74) is 8.51. The molecular weight excluding hydrogens is 228 g/mol. The maximum Gasteiger partial charge on any atom is 0.0629 e. The third-order valence-electron chi connectivity index (χ3n) is 3.29. The van der Waals surface area contributed by atoms with E-state index in [1.807, 2.05) is 19.2 Å². The van der Waals surface area contributed by atoms with Gasteiger partial charge in [-0.3, -0.25) is 4.90 Å². The normalized spacial score (nSPS) is 14.8. The van der Waals surface area contributed by atoms with Crippen molar-refractivity contribution in [3.8, 4) is 0 Å². The summed E-state index contributed by atoms with van der Waals surface area (Å²) in [4.78, 5) is 2.08. The zero-order chi connectivity index (χ0) is 13.5. The van der Waals surface area contributed by atoms with Crippen LogP contribution in [0.5, 0.6) is 0 Å². The largest absolute Gasteiger partial charge is 0.395 e. The minimum atomic E-state index is -0.186. The number of aryl methyl sites for hydroxylation is 1. The average Bonchev–Trinajstić information content (AvgIpc) is 2.33. The third kappa shape index (κ3) is 4.07. The zero-order valence-corrected chi connectivity index (χ0v) is 11.5. The van der Waals surface area contributed by atoms with Gasteiger partial charge in [0.25, 0.3) is 0 Å². The smallest absolute Gasteiger partial charge is 0.0629 e. The van der Waals surface area contributed by atoms with Crippen molar-refractivity contribution in [2.24, 2.45) is 5.73 Å². The molecule has 0 amide bonds. The van der Waals surface area contributed by atoms with E-state index >= 15 is 0 Å². The lowest BCUT2D eigenvalue weighted by Crippen LogP contribution is -2.50. The Bertz CT molecular complexity index is 357. The van der Waals surface area contributed by atoms with Gasteiger partial charge in [0, 0.05) is 19.7 Å². The van der Waals surface area contributed by atoms with Gasteiger partial charge in [-0.15, -0.1) is 0 Å². The SMILES string of the molecule is COCC(N)C(CO)N(C)Cc1ccccc1C. The summed E-state index contributed by atoms with van der Waals surface area (Å²) in [6.07, 6.45) is 0. The summed E-state index contributed by atoms with van der Waals surface area (Å²) in [7, 11) is 3.60. The number of rotatable bonds is 7. The molecule has 0 aliphatic rings. The van der Waals surface area contributed by atoms with Crippen LogP contribution in [0.15, 0.2) is 24.3 Å². The minimum absolute atomic E-state index is 0.0346. The van der Waals surface area contributed by atoms with Gasteiger partial charge < -0.3 is 15.6 Å². The molecule has 2 atom stereocenters. The molecule has 0 bridgehead atoms. The maximum absolute atomic E-state index is 9.46. The van der Waals surface area contributed by atoms with Crippen molar-refractivity contribution < 1.29 is 9.84 Å². The molecule has 18 heavy (non-hydrogen) atoms. The van der Waals surface area contributed by atoms with Gasteiger partial charge in [0.2, 0.25) is 0 Å². The molecule has 1 aromatic rings. The molecular formula is C14H24N2O2. The second kappa shape index (κ2) is 7.48. The van der Waals surface area contributed by atoms with Gasteiger partial charge in [-0.05, 0) is 25.1 Å². The van der Waals surface area contributed by atoms with Crippen LogP contribution in [0.1, 0.15) is 11.1 Å². The summed E-state index contributed by atoms with van der Waals surface area (Å²) in [6.45, 7) is 3.35. The Kier molecular flexibility index (Phi) is 6.29. The Morgan fingerprint density at radius 3 is 2.61 bits per heavy atom. The number of ether oxygens (including phenoxy) is 1. The van der Waals surface area contributed by atoms with Crippen molar-refractivity contribution in [3.05, 3.63) is 35.4 Å². The average molecular weight is 252 g/mol. The molecule has 0 saturated carbocycles. The first kappa shape index (κ1) is 15.1. The van der Waals surface area contributed by atoms with Crippen molar-refractivity contribution in [1.29, 1.82) is 0 Å². The van der Waals surface area contributed by atoms with Gasteiger partial charge in [-0.25, -0.2) is 0 Å². The van der Waals surface area contributed by atoms with Gasteiger partial charge >= 0.3 is 0 Å². The molecule has 0 aliphatic heterocycles. The topological polar surface area (TPSA) is 58.7 Å². The van der Waals surface area contributed by atoms with Crippen molar-refractivity contribution in [3.63, 3.8) is 0 Å². The van der Waals surface area contributed by atoms with Crippen LogP contribution in [0.2, 0.25) is 0 Å². The summed E-state index contributed by atoms with van der Waals surface area (Å²) in [5.74, 6) is 0. The van der Waals surface area contributed by atoms with E-state index in [1.165, 1.54) is 11.1 Å². The Hall–Kier alpha value is -0.940. The highest BCUT2D eigenvalue weighted by atomic mass is 16.5. The quantitative estimate of drug-likeness (QED) is 0.752. The summed E-state index contributed by atoms with van der Waals surface area (Å²) >= 11 is 0. The molecule has 3 N–H and O–H groups in total. The van der Waals surface area contributed by atoms with E-state index in [0.29, 0.717) is 6.61 Å². The molecule has 1 aromatic carbocycles. The first-order valence-corrected chi connectivity index (χ1v) is 6.20. The number of methoxy groups -OCH3 is 1. The molecule has 2 unspecified atom stereocenters. The van der Waals surface area contributed by atoms with Crippen LogP contribution < -0.4 is 5.73 Å². The maximum atomic E-state index is 9.46. The predicted molar refractivity (Wildman–Crippen MR) is 73.4 cm³/mol.